The first-order valence-corrected chi connectivity index (χ1v) is 12.1. The van der Waals surface area contributed by atoms with Gasteiger partial charge in [0.2, 0.25) is 17.8 Å². The fraction of sp³-hybridized carbons (Fsp3) is 0.400. The summed E-state index contributed by atoms with van der Waals surface area (Å²) in [7, 11) is 0. The highest BCUT2D eigenvalue weighted by Gasteiger charge is 2.28. The van der Waals surface area contributed by atoms with Crippen LogP contribution in [-0.4, -0.2) is 65.3 Å². The molecule has 0 saturated carbocycles. The number of nitrogens with zero attached hydrogens (tertiary/aromatic N) is 5. The molecule has 184 valence electrons. The zero-order chi connectivity index (χ0) is 24.4. The second-order valence-corrected chi connectivity index (χ2v) is 9.65. The van der Waals surface area contributed by atoms with Crippen LogP contribution >= 0.6 is 0 Å². The van der Waals surface area contributed by atoms with Crippen LogP contribution in [0.2, 0.25) is 0 Å². The first-order chi connectivity index (χ1) is 16.9. The van der Waals surface area contributed by atoms with Crippen molar-refractivity contribution in [2.75, 3.05) is 41.3 Å². The van der Waals surface area contributed by atoms with Crippen LogP contribution < -0.4 is 38.1 Å². The number of hydrogen-bond donors (Lipinski definition) is 5. The fourth-order valence-corrected chi connectivity index (χ4v) is 4.88. The molecule has 0 bridgehead atoms. The van der Waals surface area contributed by atoms with Crippen LogP contribution in [0.3, 0.4) is 0 Å². The summed E-state index contributed by atoms with van der Waals surface area (Å²) in [5, 5.41) is 3.35. The van der Waals surface area contributed by atoms with Crippen molar-refractivity contribution in [1.82, 2.24) is 15.0 Å². The van der Waals surface area contributed by atoms with E-state index in [1.807, 2.05) is 40.1 Å². The van der Waals surface area contributed by atoms with Crippen LogP contribution in [0.25, 0.3) is 11.1 Å². The highest BCUT2D eigenvalue weighted by atomic mass is 15.4. The van der Waals surface area contributed by atoms with Crippen molar-refractivity contribution < 1.29 is 0 Å². The van der Waals surface area contributed by atoms with Crippen LogP contribution in [0.15, 0.2) is 54.6 Å². The van der Waals surface area contributed by atoms with Crippen LogP contribution in [0.1, 0.15) is 12.8 Å². The van der Waals surface area contributed by atoms with Crippen molar-refractivity contribution in [3.8, 4) is 11.1 Å². The lowest BCUT2D eigenvalue weighted by atomic mass is 10.0. The third-order valence-electron chi connectivity index (χ3n) is 6.46. The van der Waals surface area contributed by atoms with E-state index < -0.39 is 0 Å². The molecule has 4 unspecified atom stereocenters. The van der Waals surface area contributed by atoms with Gasteiger partial charge in [-0.2, -0.15) is 15.0 Å². The minimum atomic E-state index is -0.0299. The topological polar surface area (TPSA) is 161 Å². The average Bonchev–Trinajstić information content (AvgIpc) is 2.84. The van der Waals surface area contributed by atoms with Gasteiger partial charge in [0.15, 0.2) is 0 Å². The van der Waals surface area contributed by atoms with Crippen LogP contribution in [0, 0.1) is 0 Å². The summed E-state index contributed by atoms with van der Waals surface area (Å²) in [5.41, 5.74) is 28.2. The maximum Gasteiger partial charge on any atom is 0.233 e. The molecule has 0 aliphatic carbocycles. The second-order valence-electron chi connectivity index (χ2n) is 9.65. The Kier molecular flexibility index (Phi) is 6.78. The zero-order valence-electron chi connectivity index (χ0n) is 19.8. The number of nitrogens with two attached hydrogens (primary N) is 4. The molecule has 3 aromatic rings. The Hall–Kier alpha value is -3.31. The van der Waals surface area contributed by atoms with Gasteiger partial charge in [0, 0.05) is 56.0 Å². The molecule has 2 aliphatic heterocycles. The van der Waals surface area contributed by atoms with E-state index in [9.17, 15) is 0 Å². The summed E-state index contributed by atoms with van der Waals surface area (Å²) in [4.78, 5) is 18.3. The summed E-state index contributed by atoms with van der Waals surface area (Å²) >= 11 is 0. The Bertz CT molecular complexity index is 1060. The number of piperidine rings is 2. The highest BCUT2D eigenvalue weighted by molar-refractivity contribution is 5.67. The number of rotatable bonds is 5. The molecule has 10 nitrogen and oxygen atoms in total. The molecule has 0 spiro atoms. The first-order valence-electron chi connectivity index (χ1n) is 12.1. The Balaban J connectivity index is 1.44. The monoisotopic (exact) mass is 474 g/mol. The quantitative estimate of drug-likeness (QED) is 0.361. The molecule has 0 radical (unpaired) electrons. The van der Waals surface area contributed by atoms with Gasteiger partial charge < -0.3 is 38.1 Å². The van der Waals surface area contributed by atoms with E-state index in [1.165, 1.54) is 5.56 Å². The Morgan fingerprint density at radius 1 is 0.600 bits per heavy atom. The molecule has 3 heterocycles. The Morgan fingerprint density at radius 3 is 1.54 bits per heavy atom. The molecule has 0 amide bonds. The number of aromatic nitrogens is 3. The fourth-order valence-electron chi connectivity index (χ4n) is 4.88. The third kappa shape index (κ3) is 5.68. The molecule has 10 heteroatoms. The number of hydrogen-bond acceptors (Lipinski definition) is 10. The van der Waals surface area contributed by atoms with Gasteiger partial charge >= 0.3 is 0 Å². The van der Waals surface area contributed by atoms with E-state index in [-0.39, 0.29) is 24.2 Å². The van der Waals surface area contributed by atoms with Gasteiger partial charge in [0.1, 0.15) is 0 Å². The van der Waals surface area contributed by atoms with E-state index in [2.05, 4.69) is 29.6 Å². The minimum Gasteiger partial charge on any atom is -0.338 e. The first kappa shape index (κ1) is 23.4. The predicted molar refractivity (Wildman–Crippen MR) is 141 cm³/mol. The molecule has 5 rings (SSSR count). The van der Waals surface area contributed by atoms with Crippen molar-refractivity contribution in [2.24, 2.45) is 22.9 Å². The van der Waals surface area contributed by atoms with Gasteiger partial charge in [-0.25, -0.2) is 0 Å². The predicted octanol–water partition coefficient (Wildman–Crippen LogP) is 1.01. The number of benzene rings is 2. The van der Waals surface area contributed by atoms with Gasteiger partial charge in [-0.1, -0.05) is 42.5 Å². The lowest BCUT2D eigenvalue weighted by Gasteiger charge is -2.37. The van der Waals surface area contributed by atoms with E-state index in [1.54, 1.807) is 0 Å². The van der Waals surface area contributed by atoms with Crippen molar-refractivity contribution in [2.45, 2.75) is 37.0 Å². The summed E-state index contributed by atoms with van der Waals surface area (Å²) in [6.45, 7) is 2.56. The van der Waals surface area contributed by atoms with Crippen molar-refractivity contribution in [1.29, 1.82) is 0 Å². The molecular formula is C25H34N10. The van der Waals surface area contributed by atoms with Gasteiger partial charge in [-0.15, -0.1) is 0 Å². The maximum absolute atomic E-state index is 6.24. The van der Waals surface area contributed by atoms with Gasteiger partial charge in [0.25, 0.3) is 0 Å². The number of nitrogens with one attached hydrogen (secondary N) is 1. The molecule has 2 aliphatic rings. The molecule has 2 aromatic carbocycles. The van der Waals surface area contributed by atoms with Gasteiger partial charge in [-0.05, 0) is 36.1 Å². The van der Waals surface area contributed by atoms with E-state index in [0.29, 0.717) is 44.0 Å². The molecule has 1 aromatic heterocycles. The minimum absolute atomic E-state index is 0.0299. The lowest BCUT2D eigenvalue weighted by molar-refractivity contribution is 0.441. The average molecular weight is 475 g/mol. The van der Waals surface area contributed by atoms with E-state index in [4.69, 9.17) is 37.9 Å². The normalized spacial score (nSPS) is 24.9. The molecule has 9 N–H and O–H groups in total. The van der Waals surface area contributed by atoms with E-state index in [0.717, 1.165) is 24.1 Å². The molecular weight excluding hydrogens is 440 g/mol. The highest BCUT2D eigenvalue weighted by Crippen LogP contribution is 2.25. The third-order valence-corrected chi connectivity index (χ3v) is 6.46. The van der Waals surface area contributed by atoms with Crippen molar-refractivity contribution in [3.63, 3.8) is 0 Å². The molecule has 2 saturated heterocycles. The van der Waals surface area contributed by atoms with Crippen molar-refractivity contribution >= 4 is 23.5 Å². The standard InChI is InChI=1S/C25H34N10/c26-18-10-19(27)13-34(12-18)24-31-23(32-25(33-24)35-14-20(28)11-21(29)15-35)30-22-8-6-17(7-9-22)16-4-2-1-3-5-16/h1-9,18-21H,10-15,26-29H2,(H,30,31,32,33). The summed E-state index contributed by atoms with van der Waals surface area (Å²) < 4.78 is 0. The molecule has 35 heavy (non-hydrogen) atoms. The summed E-state index contributed by atoms with van der Waals surface area (Å²) in [6.07, 6.45) is 1.56. The largest absolute Gasteiger partial charge is 0.338 e. The van der Waals surface area contributed by atoms with Crippen LogP contribution in [-0.2, 0) is 0 Å². The van der Waals surface area contributed by atoms with Crippen molar-refractivity contribution in [3.05, 3.63) is 54.6 Å². The van der Waals surface area contributed by atoms with Gasteiger partial charge in [-0.3, -0.25) is 0 Å². The Labute approximate surface area is 205 Å². The van der Waals surface area contributed by atoms with Gasteiger partial charge in [0.05, 0.1) is 0 Å². The van der Waals surface area contributed by atoms with Crippen LogP contribution in [0.4, 0.5) is 23.5 Å². The van der Waals surface area contributed by atoms with Crippen LogP contribution in [0.5, 0.6) is 0 Å². The van der Waals surface area contributed by atoms with E-state index >= 15 is 0 Å². The lowest BCUT2D eigenvalue weighted by Crippen LogP contribution is -2.54. The SMILES string of the molecule is NC1CC(N)CN(c2nc(Nc3ccc(-c4ccccc4)cc3)nc(N3CC(N)CC(N)C3)n2)C1. The zero-order valence-corrected chi connectivity index (χ0v) is 19.8. The maximum atomic E-state index is 6.24. The second kappa shape index (κ2) is 10.1. The summed E-state index contributed by atoms with van der Waals surface area (Å²) in [6, 6.07) is 18.3. The Morgan fingerprint density at radius 2 is 1.06 bits per heavy atom. The molecule has 4 atom stereocenters. The summed E-state index contributed by atoms with van der Waals surface area (Å²) in [5.74, 6) is 1.56. The molecule has 2 fully saturated rings. The number of anilines is 4. The smallest absolute Gasteiger partial charge is 0.233 e.